The van der Waals surface area contributed by atoms with Crippen LogP contribution < -0.4 is 10.5 Å². The Balaban J connectivity index is 1.51. The maximum absolute atomic E-state index is 13.0. The molecule has 152 valence electrons. The Kier molecular flexibility index (Phi) is 4.59. The van der Waals surface area contributed by atoms with Crippen LogP contribution in [-0.2, 0) is 7.05 Å². The van der Waals surface area contributed by atoms with Gasteiger partial charge in [0.1, 0.15) is 16.9 Å². The van der Waals surface area contributed by atoms with Gasteiger partial charge in [0.05, 0.1) is 0 Å². The molecule has 2 aromatic carbocycles. The molecule has 5 rings (SSSR count). The van der Waals surface area contributed by atoms with E-state index in [-0.39, 0.29) is 5.56 Å². The summed E-state index contributed by atoms with van der Waals surface area (Å²) in [7, 11) is 3.97. The van der Waals surface area contributed by atoms with Gasteiger partial charge in [-0.15, -0.1) is 0 Å². The second kappa shape index (κ2) is 7.42. The first-order valence-electron chi connectivity index (χ1n) is 10.2. The Morgan fingerprint density at radius 2 is 1.57 bits per heavy atom. The molecular formula is C23H24N6O. The van der Waals surface area contributed by atoms with E-state index >= 15 is 0 Å². The minimum Gasteiger partial charge on any atom is -0.369 e. The Bertz CT molecular complexity index is 1230. The molecule has 30 heavy (non-hydrogen) atoms. The molecule has 3 heterocycles. The molecule has 1 N–H and O–H groups in total. The van der Waals surface area contributed by atoms with Crippen molar-refractivity contribution in [3.8, 4) is 22.6 Å². The van der Waals surface area contributed by atoms with Gasteiger partial charge in [0.15, 0.2) is 5.65 Å². The van der Waals surface area contributed by atoms with Crippen molar-refractivity contribution in [3.63, 3.8) is 0 Å². The molecule has 0 atom stereocenters. The van der Waals surface area contributed by atoms with Crippen LogP contribution in [0.15, 0.2) is 59.4 Å². The minimum atomic E-state index is -0.176. The summed E-state index contributed by atoms with van der Waals surface area (Å²) in [6, 6.07) is 18.0. The highest BCUT2D eigenvalue weighted by Gasteiger charge is 2.18. The Morgan fingerprint density at radius 3 is 2.27 bits per heavy atom. The average Bonchev–Trinajstić information content (AvgIpc) is 3.12. The molecule has 0 bridgehead atoms. The second-order valence-electron chi connectivity index (χ2n) is 7.79. The van der Waals surface area contributed by atoms with Crippen molar-refractivity contribution < 1.29 is 0 Å². The molecule has 0 radical (unpaired) electrons. The zero-order valence-electron chi connectivity index (χ0n) is 17.2. The van der Waals surface area contributed by atoms with Gasteiger partial charge in [-0.25, -0.2) is 9.67 Å². The number of nitrogens with one attached hydrogen (secondary N) is 1. The quantitative estimate of drug-likeness (QED) is 0.573. The van der Waals surface area contributed by atoms with Crippen LogP contribution in [0.2, 0.25) is 0 Å². The second-order valence-corrected chi connectivity index (χ2v) is 7.79. The van der Waals surface area contributed by atoms with Gasteiger partial charge in [0.25, 0.3) is 5.56 Å². The summed E-state index contributed by atoms with van der Waals surface area (Å²) in [4.78, 5) is 25.4. The minimum absolute atomic E-state index is 0.176. The van der Waals surface area contributed by atoms with Crippen molar-refractivity contribution in [2.75, 3.05) is 38.1 Å². The van der Waals surface area contributed by atoms with E-state index in [0.29, 0.717) is 22.6 Å². The molecule has 7 nitrogen and oxygen atoms in total. The average molecular weight is 400 g/mol. The van der Waals surface area contributed by atoms with Gasteiger partial charge in [-0.2, -0.15) is 5.10 Å². The van der Waals surface area contributed by atoms with Crippen LogP contribution in [0.1, 0.15) is 0 Å². The van der Waals surface area contributed by atoms with Gasteiger partial charge >= 0.3 is 0 Å². The number of rotatable bonds is 3. The van der Waals surface area contributed by atoms with Crippen molar-refractivity contribution in [2.24, 2.45) is 7.05 Å². The monoisotopic (exact) mass is 400 g/mol. The number of H-pyrrole nitrogens is 1. The highest BCUT2D eigenvalue weighted by atomic mass is 16.1. The van der Waals surface area contributed by atoms with E-state index in [1.807, 2.05) is 49.5 Å². The fraction of sp³-hybridized carbons (Fsp3) is 0.261. The molecule has 1 aliphatic rings. The maximum Gasteiger partial charge on any atom is 0.262 e. The lowest BCUT2D eigenvalue weighted by molar-refractivity contribution is 0.313. The Hall–Kier alpha value is -3.45. The van der Waals surface area contributed by atoms with Crippen molar-refractivity contribution in [1.29, 1.82) is 0 Å². The van der Waals surface area contributed by atoms with Gasteiger partial charge < -0.3 is 14.8 Å². The van der Waals surface area contributed by atoms with Crippen molar-refractivity contribution in [2.45, 2.75) is 0 Å². The van der Waals surface area contributed by atoms with Crippen molar-refractivity contribution >= 4 is 16.7 Å². The first-order valence-corrected chi connectivity index (χ1v) is 10.2. The number of fused-ring (bicyclic) bond motifs is 1. The summed E-state index contributed by atoms with van der Waals surface area (Å²) < 4.78 is 1.68. The van der Waals surface area contributed by atoms with Gasteiger partial charge in [0.2, 0.25) is 0 Å². The summed E-state index contributed by atoms with van der Waals surface area (Å²) in [6.07, 6.45) is 0. The molecule has 4 aromatic rings. The zero-order valence-corrected chi connectivity index (χ0v) is 17.2. The number of anilines is 1. The standard InChI is InChI=1S/C23H24N6O/c1-27-12-14-29(15-13-27)18-10-8-17(9-11-18)21-24-22-19(23(30)25-21)20(26-28(22)2)16-6-4-3-5-7-16/h3-11H,12-15H2,1-2H3,(H,24,25,30). The Morgan fingerprint density at radius 1 is 0.867 bits per heavy atom. The molecule has 1 fully saturated rings. The van der Waals surface area contributed by atoms with Crippen LogP contribution >= 0.6 is 0 Å². The predicted octanol–water partition coefficient (Wildman–Crippen LogP) is 2.74. The SMILES string of the molecule is CN1CCN(c2ccc(-c3nc4c(c(-c5ccccc5)nn4C)c(=O)[nH]3)cc2)CC1. The summed E-state index contributed by atoms with van der Waals surface area (Å²) in [5.41, 5.74) is 4.04. The number of benzene rings is 2. The molecule has 0 aliphatic carbocycles. The third kappa shape index (κ3) is 3.27. The van der Waals surface area contributed by atoms with Gasteiger partial charge in [-0.05, 0) is 31.3 Å². The highest BCUT2D eigenvalue weighted by Crippen LogP contribution is 2.26. The number of likely N-dealkylation sites (N-methyl/N-ethyl adjacent to an activating group) is 1. The third-order valence-electron chi connectivity index (χ3n) is 5.75. The first kappa shape index (κ1) is 18.6. The number of hydrogen-bond donors (Lipinski definition) is 1. The maximum atomic E-state index is 13.0. The lowest BCUT2D eigenvalue weighted by Crippen LogP contribution is -2.44. The molecule has 7 heteroatoms. The van der Waals surface area contributed by atoms with E-state index in [1.54, 1.807) is 4.68 Å². The summed E-state index contributed by atoms with van der Waals surface area (Å²) in [5, 5.41) is 5.08. The number of nitrogens with zero attached hydrogens (tertiary/aromatic N) is 5. The molecule has 0 saturated carbocycles. The lowest BCUT2D eigenvalue weighted by atomic mass is 10.1. The molecule has 0 spiro atoms. The van der Waals surface area contributed by atoms with Crippen LogP contribution in [0.4, 0.5) is 5.69 Å². The van der Waals surface area contributed by atoms with Crippen LogP contribution in [0, 0.1) is 0 Å². The first-order chi connectivity index (χ1) is 14.6. The van der Waals surface area contributed by atoms with E-state index in [2.05, 4.69) is 39.1 Å². The molecule has 1 saturated heterocycles. The van der Waals surface area contributed by atoms with Crippen molar-refractivity contribution in [1.82, 2.24) is 24.6 Å². The van der Waals surface area contributed by atoms with Crippen molar-refractivity contribution in [3.05, 3.63) is 65.0 Å². The van der Waals surface area contributed by atoms with Crippen LogP contribution in [0.3, 0.4) is 0 Å². The molecule has 1 aliphatic heterocycles. The zero-order chi connectivity index (χ0) is 20.7. The number of piperazine rings is 1. The van der Waals surface area contributed by atoms with E-state index in [0.717, 1.165) is 37.3 Å². The summed E-state index contributed by atoms with van der Waals surface area (Å²) in [6.45, 7) is 4.18. The fourth-order valence-electron chi connectivity index (χ4n) is 3.99. The molecule has 0 amide bonds. The molecular weight excluding hydrogens is 376 g/mol. The van der Waals surface area contributed by atoms with E-state index in [1.165, 1.54) is 5.69 Å². The molecule has 0 unspecified atom stereocenters. The fourth-order valence-corrected chi connectivity index (χ4v) is 3.99. The van der Waals surface area contributed by atoms with Crippen LogP contribution in [0.5, 0.6) is 0 Å². The summed E-state index contributed by atoms with van der Waals surface area (Å²) >= 11 is 0. The van der Waals surface area contributed by atoms with E-state index in [4.69, 9.17) is 4.98 Å². The predicted molar refractivity (Wildman–Crippen MR) is 120 cm³/mol. The summed E-state index contributed by atoms with van der Waals surface area (Å²) in [5.74, 6) is 0.556. The van der Waals surface area contributed by atoms with Crippen LogP contribution in [0.25, 0.3) is 33.7 Å². The molecule has 2 aromatic heterocycles. The highest BCUT2D eigenvalue weighted by molar-refractivity contribution is 5.91. The number of aryl methyl sites for hydroxylation is 1. The van der Waals surface area contributed by atoms with Gasteiger partial charge in [-0.1, -0.05) is 30.3 Å². The lowest BCUT2D eigenvalue weighted by Gasteiger charge is -2.34. The number of hydrogen-bond acceptors (Lipinski definition) is 5. The van der Waals surface area contributed by atoms with E-state index in [9.17, 15) is 4.79 Å². The smallest absolute Gasteiger partial charge is 0.262 e. The number of aromatic amines is 1. The van der Waals surface area contributed by atoms with Gasteiger partial charge in [0, 0.05) is 50.0 Å². The Labute approximate surface area is 174 Å². The van der Waals surface area contributed by atoms with Crippen LogP contribution in [-0.4, -0.2) is 57.9 Å². The normalized spacial score (nSPS) is 15.1. The largest absolute Gasteiger partial charge is 0.369 e. The number of aromatic nitrogens is 4. The third-order valence-corrected chi connectivity index (χ3v) is 5.75. The van der Waals surface area contributed by atoms with Gasteiger partial charge in [-0.3, -0.25) is 4.79 Å². The topological polar surface area (TPSA) is 70.1 Å². The van der Waals surface area contributed by atoms with E-state index < -0.39 is 0 Å².